The first kappa shape index (κ1) is 15.3. The molecule has 1 N–H and O–H groups in total. The number of nitrogens with one attached hydrogen (secondary N) is 1. The minimum atomic E-state index is 0.206. The summed E-state index contributed by atoms with van der Waals surface area (Å²) in [7, 11) is 1.65. The van der Waals surface area contributed by atoms with Crippen molar-refractivity contribution in [2.24, 2.45) is 0 Å². The smallest absolute Gasteiger partial charge is 0.236 e. The van der Waals surface area contributed by atoms with Crippen LogP contribution in [0.4, 0.5) is 0 Å². The van der Waals surface area contributed by atoms with E-state index in [0.29, 0.717) is 13.1 Å². The number of carbonyl (C=O) groups excluding carboxylic acids is 1. The predicted molar refractivity (Wildman–Crippen MR) is 82.8 cm³/mol. The normalized spacial score (nSPS) is 15.2. The van der Waals surface area contributed by atoms with E-state index in [2.05, 4.69) is 21.2 Å². The van der Waals surface area contributed by atoms with Crippen LogP contribution in [0.25, 0.3) is 0 Å². The Kier molecular flexibility index (Phi) is 5.86. The maximum absolute atomic E-state index is 12.0. The number of amides is 1. The minimum Gasteiger partial charge on any atom is -0.496 e. The summed E-state index contributed by atoms with van der Waals surface area (Å²) in [5, 5.41) is 3.21. The van der Waals surface area contributed by atoms with Crippen LogP contribution in [0.15, 0.2) is 22.7 Å². The Morgan fingerprint density at radius 1 is 1.35 bits per heavy atom. The van der Waals surface area contributed by atoms with Gasteiger partial charge in [0, 0.05) is 19.6 Å². The number of nitrogens with zero attached hydrogens (tertiary/aromatic N) is 1. The zero-order valence-electron chi connectivity index (χ0n) is 11.8. The summed E-state index contributed by atoms with van der Waals surface area (Å²) in [6, 6.07) is 5.94. The summed E-state index contributed by atoms with van der Waals surface area (Å²) in [4.78, 5) is 13.9. The van der Waals surface area contributed by atoms with Crippen molar-refractivity contribution >= 4 is 21.8 Å². The first-order chi connectivity index (χ1) is 9.70. The number of benzene rings is 1. The van der Waals surface area contributed by atoms with Crippen molar-refractivity contribution in [3.05, 3.63) is 28.2 Å². The standard InChI is InChI=1S/C15H21BrN2O2/c1-20-14-6-5-12(9-13(14)16)10-17-11-15(19)18-7-3-2-4-8-18/h5-6,9,17H,2-4,7-8,10-11H2,1H3. The maximum Gasteiger partial charge on any atom is 0.236 e. The molecule has 0 bridgehead atoms. The summed E-state index contributed by atoms with van der Waals surface area (Å²) in [5.41, 5.74) is 1.13. The fourth-order valence-corrected chi connectivity index (χ4v) is 2.98. The zero-order valence-corrected chi connectivity index (χ0v) is 13.4. The van der Waals surface area contributed by atoms with Gasteiger partial charge in [0.15, 0.2) is 0 Å². The lowest BCUT2D eigenvalue weighted by atomic mass is 10.1. The minimum absolute atomic E-state index is 0.206. The number of carbonyl (C=O) groups is 1. The van der Waals surface area contributed by atoms with E-state index < -0.39 is 0 Å². The molecule has 110 valence electrons. The SMILES string of the molecule is COc1ccc(CNCC(=O)N2CCCCC2)cc1Br. The van der Waals surface area contributed by atoms with Gasteiger partial charge in [-0.1, -0.05) is 6.07 Å². The van der Waals surface area contributed by atoms with Gasteiger partial charge in [0.25, 0.3) is 0 Å². The molecule has 1 heterocycles. The van der Waals surface area contributed by atoms with Gasteiger partial charge in [-0.25, -0.2) is 0 Å². The summed E-state index contributed by atoms with van der Waals surface area (Å²) in [6.45, 7) is 2.91. The third-order valence-corrected chi connectivity index (χ3v) is 4.15. The molecular formula is C15H21BrN2O2. The quantitative estimate of drug-likeness (QED) is 0.895. The fraction of sp³-hybridized carbons (Fsp3) is 0.533. The Balaban J connectivity index is 1.77. The van der Waals surface area contributed by atoms with Crippen LogP contribution in [0.2, 0.25) is 0 Å². The highest BCUT2D eigenvalue weighted by Crippen LogP contribution is 2.25. The number of hydrogen-bond acceptors (Lipinski definition) is 3. The van der Waals surface area contributed by atoms with Gasteiger partial charge >= 0.3 is 0 Å². The molecule has 1 aromatic carbocycles. The second kappa shape index (κ2) is 7.64. The van der Waals surface area contributed by atoms with Gasteiger partial charge in [0.1, 0.15) is 5.75 Å². The van der Waals surface area contributed by atoms with E-state index in [1.165, 1.54) is 6.42 Å². The van der Waals surface area contributed by atoms with Crippen molar-refractivity contribution in [2.45, 2.75) is 25.8 Å². The van der Waals surface area contributed by atoms with Gasteiger partial charge in [-0.15, -0.1) is 0 Å². The van der Waals surface area contributed by atoms with Crippen molar-refractivity contribution in [1.82, 2.24) is 10.2 Å². The van der Waals surface area contributed by atoms with E-state index in [1.54, 1.807) is 7.11 Å². The third-order valence-electron chi connectivity index (χ3n) is 3.53. The number of rotatable bonds is 5. The molecule has 1 saturated heterocycles. The van der Waals surface area contributed by atoms with E-state index in [4.69, 9.17) is 4.74 Å². The number of likely N-dealkylation sites (tertiary alicyclic amines) is 1. The molecule has 4 nitrogen and oxygen atoms in total. The molecule has 0 spiro atoms. The Morgan fingerprint density at radius 2 is 2.10 bits per heavy atom. The van der Waals surface area contributed by atoms with Gasteiger partial charge in [-0.2, -0.15) is 0 Å². The van der Waals surface area contributed by atoms with Crippen molar-refractivity contribution in [1.29, 1.82) is 0 Å². The van der Waals surface area contributed by atoms with Crippen molar-refractivity contribution in [2.75, 3.05) is 26.7 Å². The monoisotopic (exact) mass is 340 g/mol. The summed E-state index contributed by atoms with van der Waals surface area (Å²) >= 11 is 3.46. The van der Waals surface area contributed by atoms with Gasteiger partial charge in [-0.3, -0.25) is 4.79 Å². The molecule has 2 rings (SSSR count). The van der Waals surface area contributed by atoms with E-state index in [9.17, 15) is 4.79 Å². The molecule has 1 aromatic rings. The molecule has 0 unspecified atom stereocenters. The lowest BCUT2D eigenvalue weighted by molar-refractivity contribution is -0.131. The number of methoxy groups -OCH3 is 1. The number of halogens is 1. The van der Waals surface area contributed by atoms with E-state index >= 15 is 0 Å². The van der Waals surface area contributed by atoms with E-state index in [1.807, 2.05) is 23.1 Å². The molecule has 1 fully saturated rings. The zero-order chi connectivity index (χ0) is 14.4. The Morgan fingerprint density at radius 3 is 2.75 bits per heavy atom. The second-order valence-corrected chi connectivity index (χ2v) is 5.87. The number of hydrogen-bond donors (Lipinski definition) is 1. The van der Waals surface area contributed by atoms with Crippen LogP contribution in [0.1, 0.15) is 24.8 Å². The van der Waals surface area contributed by atoms with Crippen LogP contribution in [-0.4, -0.2) is 37.6 Å². The molecular weight excluding hydrogens is 320 g/mol. The van der Waals surface area contributed by atoms with E-state index in [-0.39, 0.29) is 5.91 Å². The second-order valence-electron chi connectivity index (χ2n) is 5.01. The van der Waals surface area contributed by atoms with Gasteiger partial charge in [0.05, 0.1) is 18.1 Å². The van der Waals surface area contributed by atoms with Gasteiger partial charge < -0.3 is 15.0 Å². The average molecular weight is 341 g/mol. The van der Waals surface area contributed by atoms with Crippen molar-refractivity contribution in [3.63, 3.8) is 0 Å². The molecule has 20 heavy (non-hydrogen) atoms. The molecule has 0 aromatic heterocycles. The third kappa shape index (κ3) is 4.21. The first-order valence-corrected chi connectivity index (χ1v) is 7.81. The topological polar surface area (TPSA) is 41.6 Å². The van der Waals surface area contributed by atoms with Crippen LogP contribution < -0.4 is 10.1 Å². The van der Waals surface area contributed by atoms with Crippen LogP contribution in [0, 0.1) is 0 Å². The van der Waals surface area contributed by atoms with Crippen LogP contribution in [0.3, 0.4) is 0 Å². The summed E-state index contributed by atoms with van der Waals surface area (Å²) in [5.74, 6) is 1.02. The average Bonchev–Trinajstić information content (AvgIpc) is 2.48. The molecule has 0 aliphatic carbocycles. The van der Waals surface area contributed by atoms with Crippen molar-refractivity contribution in [3.8, 4) is 5.75 Å². The van der Waals surface area contributed by atoms with Crippen LogP contribution >= 0.6 is 15.9 Å². The van der Waals surface area contributed by atoms with Crippen LogP contribution in [0.5, 0.6) is 5.75 Å². The maximum atomic E-state index is 12.0. The lowest BCUT2D eigenvalue weighted by Gasteiger charge is -2.26. The van der Waals surface area contributed by atoms with Gasteiger partial charge in [-0.05, 0) is 52.9 Å². The van der Waals surface area contributed by atoms with Gasteiger partial charge in [0.2, 0.25) is 5.91 Å². The molecule has 1 aliphatic heterocycles. The fourth-order valence-electron chi connectivity index (χ4n) is 2.39. The highest BCUT2D eigenvalue weighted by atomic mass is 79.9. The van der Waals surface area contributed by atoms with Crippen molar-refractivity contribution < 1.29 is 9.53 Å². The summed E-state index contributed by atoms with van der Waals surface area (Å²) in [6.07, 6.45) is 3.52. The lowest BCUT2D eigenvalue weighted by Crippen LogP contribution is -2.40. The highest BCUT2D eigenvalue weighted by Gasteiger charge is 2.15. The number of piperidine rings is 1. The van der Waals surface area contributed by atoms with E-state index in [0.717, 1.165) is 41.7 Å². The summed E-state index contributed by atoms with van der Waals surface area (Å²) < 4.78 is 6.13. The Bertz CT molecular complexity index is 459. The molecule has 5 heteroatoms. The largest absolute Gasteiger partial charge is 0.496 e. The molecule has 1 aliphatic rings. The molecule has 0 saturated carbocycles. The molecule has 0 radical (unpaired) electrons. The molecule has 0 atom stereocenters. The Labute approximate surface area is 128 Å². The Hall–Kier alpha value is -1.07. The predicted octanol–water partition coefficient (Wildman–Crippen LogP) is 2.56. The number of ether oxygens (including phenoxy) is 1. The molecule has 1 amide bonds. The highest BCUT2D eigenvalue weighted by molar-refractivity contribution is 9.10. The van der Waals surface area contributed by atoms with Crippen LogP contribution in [-0.2, 0) is 11.3 Å². The first-order valence-electron chi connectivity index (χ1n) is 7.01.